The van der Waals surface area contributed by atoms with Crippen molar-refractivity contribution >= 4 is 11.6 Å². The highest BCUT2D eigenvalue weighted by Gasteiger charge is 2.34. The van der Waals surface area contributed by atoms with Crippen molar-refractivity contribution in [1.82, 2.24) is 9.91 Å². The Morgan fingerprint density at radius 2 is 1.70 bits per heavy atom. The zero-order chi connectivity index (χ0) is 20.9. The van der Waals surface area contributed by atoms with Crippen molar-refractivity contribution in [3.8, 4) is 11.5 Å². The number of hydrogen-bond acceptors (Lipinski definition) is 5. The molecule has 2 aliphatic rings. The highest BCUT2D eigenvalue weighted by Crippen LogP contribution is 2.34. The van der Waals surface area contributed by atoms with Gasteiger partial charge in [0, 0.05) is 6.42 Å². The van der Waals surface area contributed by atoms with E-state index in [1.807, 2.05) is 55.5 Å². The minimum Gasteiger partial charge on any atom is -0.497 e. The summed E-state index contributed by atoms with van der Waals surface area (Å²) in [6.07, 6.45) is 3.01. The molecule has 0 aliphatic carbocycles. The Hall–Kier alpha value is -2.86. The van der Waals surface area contributed by atoms with Crippen molar-refractivity contribution < 1.29 is 14.3 Å². The molecule has 0 radical (unpaired) electrons. The fourth-order valence-corrected chi connectivity index (χ4v) is 4.12. The number of carbonyl (C=O) groups is 1. The number of nitrogens with zero attached hydrogens (tertiary/aromatic N) is 3. The predicted molar refractivity (Wildman–Crippen MR) is 117 cm³/mol. The van der Waals surface area contributed by atoms with Crippen LogP contribution in [0.5, 0.6) is 11.5 Å². The summed E-state index contributed by atoms with van der Waals surface area (Å²) < 4.78 is 10.8. The van der Waals surface area contributed by atoms with Gasteiger partial charge in [0.1, 0.15) is 11.5 Å². The van der Waals surface area contributed by atoms with Crippen LogP contribution in [0.25, 0.3) is 0 Å². The van der Waals surface area contributed by atoms with Gasteiger partial charge in [-0.25, -0.2) is 5.01 Å². The van der Waals surface area contributed by atoms with Gasteiger partial charge in [-0.3, -0.25) is 9.69 Å². The Kier molecular flexibility index (Phi) is 6.33. The summed E-state index contributed by atoms with van der Waals surface area (Å²) in [5.41, 5.74) is 3.01. The van der Waals surface area contributed by atoms with Crippen molar-refractivity contribution in [2.75, 3.05) is 33.4 Å². The number of hydrogen-bond donors (Lipinski definition) is 0. The highest BCUT2D eigenvalue weighted by molar-refractivity contribution is 6.03. The van der Waals surface area contributed by atoms with Crippen LogP contribution < -0.4 is 9.47 Å². The lowest BCUT2D eigenvalue weighted by molar-refractivity contribution is -0.134. The molecule has 0 saturated carbocycles. The molecule has 2 aromatic rings. The maximum absolute atomic E-state index is 13.2. The van der Waals surface area contributed by atoms with Gasteiger partial charge in [0.05, 0.1) is 32.0 Å². The summed E-state index contributed by atoms with van der Waals surface area (Å²) in [6, 6.07) is 15.8. The molecule has 0 N–H and O–H groups in total. The summed E-state index contributed by atoms with van der Waals surface area (Å²) in [7, 11) is 1.66. The topological polar surface area (TPSA) is 54.4 Å². The monoisotopic (exact) mass is 407 g/mol. The quantitative estimate of drug-likeness (QED) is 0.699. The zero-order valence-electron chi connectivity index (χ0n) is 17.7. The minimum atomic E-state index is -0.104. The van der Waals surface area contributed by atoms with Crippen LogP contribution >= 0.6 is 0 Å². The van der Waals surface area contributed by atoms with E-state index in [2.05, 4.69) is 4.90 Å². The number of rotatable bonds is 7. The van der Waals surface area contributed by atoms with E-state index in [0.717, 1.165) is 54.3 Å². The van der Waals surface area contributed by atoms with Crippen molar-refractivity contribution in [2.24, 2.45) is 5.10 Å². The molecule has 30 heavy (non-hydrogen) atoms. The van der Waals surface area contributed by atoms with E-state index in [1.165, 1.54) is 0 Å². The number of ether oxygens (including phenoxy) is 2. The average Bonchev–Trinajstić information content (AvgIpc) is 3.45. The van der Waals surface area contributed by atoms with Crippen molar-refractivity contribution in [1.29, 1.82) is 0 Å². The Morgan fingerprint density at radius 3 is 2.33 bits per heavy atom. The molecular formula is C24H29N3O3. The molecular weight excluding hydrogens is 378 g/mol. The van der Waals surface area contributed by atoms with Gasteiger partial charge >= 0.3 is 0 Å². The minimum absolute atomic E-state index is 0.0549. The smallest absolute Gasteiger partial charge is 0.257 e. The summed E-state index contributed by atoms with van der Waals surface area (Å²) in [6.45, 7) is 5.00. The molecule has 2 aliphatic heterocycles. The van der Waals surface area contributed by atoms with Gasteiger partial charge < -0.3 is 9.47 Å². The second kappa shape index (κ2) is 9.30. The van der Waals surface area contributed by atoms with Crippen LogP contribution in [-0.2, 0) is 4.79 Å². The fraction of sp³-hybridized carbons (Fsp3) is 0.417. The molecule has 2 heterocycles. The lowest BCUT2D eigenvalue weighted by Crippen LogP contribution is -2.36. The van der Waals surface area contributed by atoms with E-state index in [0.29, 0.717) is 19.6 Å². The van der Waals surface area contributed by atoms with E-state index < -0.39 is 0 Å². The number of amides is 1. The van der Waals surface area contributed by atoms with Crippen molar-refractivity contribution in [2.45, 2.75) is 32.2 Å². The summed E-state index contributed by atoms with van der Waals surface area (Å²) in [5.74, 6) is 1.70. The van der Waals surface area contributed by atoms with Gasteiger partial charge in [-0.2, -0.15) is 5.10 Å². The van der Waals surface area contributed by atoms with Crippen LogP contribution in [0.3, 0.4) is 0 Å². The highest BCUT2D eigenvalue weighted by atomic mass is 16.5. The number of benzene rings is 2. The van der Waals surface area contributed by atoms with Gasteiger partial charge in [0.25, 0.3) is 5.91 Å². The first-order valence-corrected chi connectivity index (χ1v) is 10.7. The van der Waals surface area contributed by atoms with E-state index >= 15 is 0 Å². The normalized spacial score (nSPS) is 19.1. The third-order valence-corrected chi connectivity index (χ3v) is 5.72. The molecule has 0 unspecified atom stereocenters. The first-order valence-electron chi connectivity index (χ1n) is 10.7. The third-order valence-electron chi connectivity index (χ3n) is 5.72. The SMILES string of the molecule is CCOc1ccc([C@H]2CC(c3ccc(OC)cc3)=NN2C(=O)CN2CCCC2)cc1. The summed E-state index contributed by atoms with van der Waals surface area (Å²) >= 11 is 0. The lowest BCUT2D eigenvalue weighted by Gasteiger charge is -2.24. The van der Waals surface area contributed by atoms with Crippen LogP contribution in [0, 0.1) is 0 Å². The molecule has 1 saturated heterocycles. The maximum Gasteiger partial charge on any atom is 0.257 e. The molecule has 1 fully saturated rings. The second-order valence-electron chi connectivity index (χ2n) is 7.72. The Bertz CT molecular complexity index is 887. The molecule has 0 aromatic heterocycles. The predicted octanol–water partition coefficient (Wildman–Crippen LogP) is 3.87. The van der Waals surface area contributed by atoms with Gasteiger partial charge in [0.15, 0.2) is 0 Å². The summed E-state index contributed by atoms with van der Waals surface area (Å²) in [4.78, 5) is 15.4. The van der Waals surface area contributed by atoms with Gasteiger partial charge in [0.2, 0.25) is 0 Å². The molecule has 4 rings (SSSR count). The Morgan fingerprint density at radius 1 is 1.03 bits per heavy atom. The number of hydrazone groups is 1. The first kappa shape index (κ1) is 20.4. The van der Waals surface area contributed by atoms with Gasteiger partial charge in [-0.05, 0) is 80.4 Å². The molecule has 0 bridgehead atoms. The molecule has 0 spiro atoms. The maximum atomic E-state index is 13.2. The Labute approximate surface area is 178 Å². The number of methoxy groups -OCH3 is 1. The molecule has 6 heteroatoms. The number of carbonyl (C=O) groups excluding carboxylic acids is 1. The molecule has 6 nitrogen and oxygen atoms in total. The molecule has 2 aromatic carbocycles. The van der Waals surface area contributed by atoms with E-state index in [1.54, 1.807) is 12.1 Å². The van der Waals surface area contributed by atoms with Crippen LogP contribution in [0.4, 0.5) is 0 Å². The third kappa shape index (κ3) is 4.49. The molecule has 158 valence electrons. The van der Waals surface area contributed by atoms with E-state index in [-0.39, 0.29) is 11.9 Å². The summed E-state index contributed by atoms with van der Waals surface area (Å²) in [5, 5.41) is 6.46. The van der Waals surface area contributed by atoms with Crippen LogP contribution in [-0.4, -0.2) is 54.9 Å². The van der Waals surface area contributed by atoms with E-state index in [9.17, 15) is 4.79 Å². The van der Waals surface area contributed by atoms with Crippen molar-refractivity contribution in [3.63, 3.8) is 0 Å². The van der Waals surface area contributed by atoms with Crippen LogP contribution in [0.15, 0.2) is 53.6 Å². The standard InChI is InChI=1S/C24H29N3O3/c1-3-30-21-12-8-19(9-13-21)23-16-22(18-6-10-20(29-2)11-7-18)25-27(23)24(28)17-26-14-4-5-15-26/h6-13,23H,3-5,14-17H2,1-2H3/t23-/m1/s1. The van der Waals surface area contributed by atoms with Crippen LogP contribution in [0.2, 0.25) is 0 Å². The first-order chi connectivity index (χ1) is 14.7. The second-order valence-corrected chi connectivity index (χ2v) is 7.72. The van der Waals surface area contributed by atoms with Crippen LogP contribution in [0.1, 0.15) is 43.4 Å². The van der Waals surface area contributed by atoms with Crippen molar-refractivity contribution in [3.05, 3.63) is 59.7 Å². The average molecular weight is 408 g/mol. The zero-order valence-corrected chi connectivity index (χ0v) is 17.7. The lowest BCUT2D eigenvalue weighted by atomic mass is 9.98. The number of likely N-dealkylation sites (tertiary alicyclic amines) is 1. The fourth-order valence-electron chi connectivity index (χ4n) is 4.12. The van der Waals surface area contributed by atoms with Gasteiger partial charge in [-0.15, -0.1) is 0 Å². The molecule has 1 atom stereocenters. The Balaban J connectivity index is 1.58. The largest absolute Gasteiger partial charge is 0.497 e. The van der Waals surface area contributed by atoms with E-state index in [4.69, 9.17) is 14.6 Å². The molecule has 1 amide bonds. The van der Waals surface area contributed by atoms with Gasteiger partial charge in [-0.1, -0.05) is 12.1 Å².